The molecule has 96 valence electrons. The van der Waals surface area contributed by atoms with Crippen molar-refractivity contribution in [2.24, 2.45) is 0 Å². The number of ether oxygens (including phenoxy) is 2. The summed E-state index contributed by atoms with van der Waals surface area (Å²) >= 11 is 1.22. The zero-order valence-corrected chi connectivity index (χ0v) is 9.90. The normalized spacial score (nSPS) is 11.5. The van der Waals surface area contributed by atoms with E-state index in [0.29, 0.717) is 11.4 Å². The molecule has 2 N–H and O–H groups in total. The third kappa shape index (κ3) is 5.18. The molecule has 0 spiro atoms. The second kappa shape index (κ2) is 6.02. The van der Waals surface area contributed by atoms with Gasteiger partial charge in [0.25, 0.3) is 0 Å². The van der Waals surface area contributed by atoms with Crippen LogP contribution in [-0.4, -0.2) is 25.8 Å². The molecule has 0 aliphatic heterocycles. The van der Waals surface area contributed by atoms with E-state index in [-0.39, 0.29) is 5.75 Å². The van der Waals surface area contributed by atoms with Crippen LogP contribution in [0.5, 0.6) is 5.75 Å². The number of anilines is 1. The zero-order chi connectivity index (χ0) is 12.9. The molecule has 0 saturated carbocycles. The number of nitrogens with two attached hydrogens (primary N) is 1. The molecule has 0 aliphatic carbocycles. The fourth-order valence-corrected chi connectivity index (χ4v) is 1.95. The van der Waals surface area contributed by atoms with Crippen LogP contribution in [0.1, 0.15) is 0 Å². The lowest BCUT2D eigenvalue weighted by Crippen LogP contribution is -2.15. The van der Waals surface area contributed by atoms with E-state index < -0.39 is 13.0 Å². The Hall–Kier alpha value is -1.08. The van der Waals surface area contributed by atoms with Crippen LogP contribution in [0.4, 0.5) is 18.9 Å². The van der Waals surface area contributed by atoms with Gasteiger partial charge in [0.05, 0.1) is 13.7 Å². The van der Waals surface area contributed by atoms with Crippen molar-refractivity contribution in [3.63, 3.8) is 0 Å². The first kappa shape index (κ1) is 14.0. The van der Waals surface area contributed by atoms with Crippen LogP contribution in [0.2, 0.25) is 0 Å². The van der Waals surface area contributed by atoms with Gasteiger partial charge < -0.3 is 10.5 Å². The number of thioether (sulfide) groups is 1. The highest BCUT2D eigenvalue weighted by Crippen LogP contribution is 2.31. The Balaban J connectivity index is 2.46. The van der Waals surface area contributed by atoms with Gasteiger partial charge >= 0.3 is 6.36 Å². The van der Waals surface area contributed by atoms with Gasteiger partial charge in [-0.05, 0) is 12.1 Å². The molecule has 0 radical (unpaired) electrons. The molecule has 0 aliphatic rings. The summed E-state index contributed by atoms with van der Waals surface area (Å²) in [5.74, 6) is 0.724. The molecule has 0 saturated heterocycles. The van der Waals surface area contributed by atoms with Gasteiger partial charge in [0.15, 0.2) is 0 Å². The molecule has 0 atom stereocenters. The average molecular weight is 267 g/mol. The largest absolute Gasteiger partial charge is 0.522 e. The molecule has 0 bridgehead atoms. The van der Waals surface area contributed by atoms with E-state index in [1.54, 1.807) is 18.2 Å². The van der Waals surface area contributed by atoms with E-state index in [0.717, 1.165) is 4.90 Å². The van der Waals surface area contributed by atoms with Crippen molar-refractivity contribution in [2.45, 2.75) is 11.3 Å². The average Bonchev–Trinajstić information content (AvgIpc) is 2.24. The third-order valence-electron chi connectivity index (χ3n) is 1.79. The van der Waals surface area contributed by atoms with Gasteiger partial charge in [-0.15, -0.1) is 24.9 Å². The molecule has 7 heteroatoms. The van der Waals surface area contributed by atoms with Crippen molar-refractivity contribution in [1.29, 1.82) is 0 Å². The number of alkyl halides is 3. The highest BCUT2D eigenvalue weighted by atomic mass is 32.2. The minimum Gasteiger partial charge on any atom is -0.496 e. The number of nitrogen functional groups attached to an aromatic ring is 1. The molecule has 0 amide bonds. The number of benzene rings is 1. The van der Waals surface area contributed by atoms with Crippen molar-refractivity contribution in [3.05, 3.63) is 18.2 Å². The lowest BCUT2D eigenvalue weighted by Gasteiger charge is -2.10. The van der Waals surface area contributed by atoms with E-state index >= 15 is 0 Å². The van der Waals surface area contributed by atoms with E-state index in [1.165, 1.54) is 18.9 Å². The maximum Gasteiger partial charge on any atom is 0.522 e. The minimum absolute atomic E-state index is 0.180. The lowest BCUT2D eigenvalue weighted by atomic mass is 10.3. The summed E-state index contributed by atoms with van der Waals surface area (Å²) in [5, 5.41) is 0. The third-order valence-corrected chi connectivity index (χ3v) is 2.81. The SMILES string of the molecule is COc1cc(N)ccc1SCCOC(F)(F)F. The molecule has 1 rings (SSSR count). The predicted octanol–water partition coefficient (Wildman–Crippen LogP) is 2.91. The van der Waals surface area contributed by atoms with Crippen LogP contribution < -0.4 is 10.5 Å². The Morgan fingerprint density at radius 2 is 2.06 bits per heavy atom. The Morgan fingerprint density at radius 1 is 1.35 bits per heavy atom. The van der Waals surface area contributed by atoms with E-state index in [4.69, 9.17) is 10.5 Å². The van der Waals surface area contributed by atoms with Crippen LogP contribution in [0, 0.1) is 0 Å². The summed E-state index contributed by atoms with van der Waals surface area (Å²) in [6.45, 7) is -0.401. The van der Waals surface area contributed by atoms with Crippen LogP contribution in [0.25, 0.3) is 0 Å². The summed E-state index contributed by atoms with van der Waals surface area (Å²) in [7, 11) is 1.48. The molecule has 1 aromatic rings. The van der Waals surface area contributed by atoms with Crippen molar-refractivity contribution in [3.8, 4) is 5.75 Å². The van der Waals surface area contributed by atoms with Crippen molar-refractivity contribution >= 4 is 17.4 Å². The fourth-order valence-electron chi connectivity index (χ4n) is 1.11. The smallest absolute Gasteiger partial charge is 0.496 e. The Bertz CT molecular complexity index is 371. The molecule has 17 heavy (non-hydrogen) atoms. The van der Waals surface area contributed by atoms with Crippen molar-refractivity contribution < 1.29 is 22.6 Å². The van der Waals surface area contributed by atoms with Gasteiger partial charge in [-0.3, -0.25) is 4.74 Å². The van der Waals surface area contributed by atoms with Gasteiger partial charge in [0.2, 0.25) is 0 Å². The molecule has 1 aromatic carbocycles. The number of hydrogen-bond donors (Lipinski definition) is 1. The standard InChI is InChI=1S/C10H12F3NO2S/c1-15-8-6-7(14)2-3-9(8)17-5-4-16-10(11,12)13/h2-3,6H,4-5,14H2,1H3. The van der Waals surface area contributed by atoms with Gasteiger partial charge in [0, 0.05) is 22.4 Å². The van der Waals surface area contributed by atoms with Gasteiger partial charge in [-0.2, -0.15) is 0 Å². The second-order valence-corrected chi connectivity index (χ2v) is 4.19. The van der Waals surface area contributed by atoms with Crippen LogP contribution in [0.15, 0.2) is 23.1 Å². The van der Waals surface area contributed by atoms with Crippen LogP contribution in [0.3, 0.4) is 0 Å². The first-order chi connectivity index (χ1) is 7.92. The van der Waals surface area contributed by atoms with Crippen molar-refractivity contribution in [1.82, 2.24) is 0 Å². The highest BCUT2D eigenvalue weighted by Gasteiger charge is 2.28. The second-order valence-electron chi connectivity index (χ2n) is 3.05. The summed E-state index contributed by atoms with van der Waals surface area (Å²) in [6, 6.07) is 4.98. The van der Waals surface area contributed by atoms with Gasteiger partial charge in [0.1, 0.15) is 5.75 Å². The lowest BCUT2D eigenvalue weighted by molar-refractivity contribution is -0.322. The molecule has 3 nitrogen and oxygen atoms in total. The fraction of sp³-hybridized carbons (Fsp3) is 0.400. The van der Waals surface area contributed by atoms with Gasteiger partial charge in [-0.25, -0.2) is 0 Å². The minimum atomic E-state index is -4.58. The molecule has 0 heterocycles. The summed E-state index contributed by atoms with van der Waals surface area (Å²) in [4.78, 5) is 0.729. The first-order valence-corrected chi connectivity index (χ1v) is 5.68. The van der Waals surface area contributed by atoms with E-state index in [2.05, 4.69) is 4.74 Å². The number of hydrogen-bond acceptors (Lipinski definition) is 4. The molecular weight excluding hydrogens is 255 g/mol. The van der Waals surface area contributed by atoms with E-state index in [1.807, 2.05) is 0 Å². The molecule has 0 aromatic heterocycles. The highest BCUT2D eigenvalue weighted by molar-refractivity contribution is 7.99. The van der Waals surface area contributed by atoms with E-state index in [9.17, 15) is 13.2 Å². The van der Waals surface area contributed by atoms with Crippen molar-refractivity contribution in [2.75, 3.05) is 25.2 Å². The zero-order valence-electron chi connectivity index (χ0n) is 9.08. The van der Waals surface area contributed by atoms with Crippen LogP contribution >= 0.6 is 11.8 Å². The number of methoxy groups -OCH3 is 1. The first-order valence-electron chi connectivity index (χ1n) is 4.69. The van der Waals surface area contributed by atoms with Crippen LogP contribution in [-0.2, 0) is 4.74 Å². The summed E-state index contributed by atoms with van der Waals surface area (Å²) in [5.41, 5.74) is 6.09. The Morgan fingerprint density at radius 3 is 2.65 bits per heavy atom. The topological polar surface area (TPSA) is 44.5 Å². The monoisotopic (exact) mass is 267 g/mol. The Labute approximate surface area is 101 Å². The number of halogens is 3. The Kier molecular flexibility index (Phi) is 4.95. The predicted molar refractivity (Wildman–Crippen MR) is 60.1 cm³/mol. The molecular formula is C10H12F3NO2S. The summed E-state index contributed by atoms with van der Waals surface area (Å²) in [6.07, 6.45) is -4.58. The maximum atomic E-state index is 11.7. The summed E-state index contributed by atoms with van der Waals surface area (Å²) < 4.78 is 43.8. The molecule has 0 fully saturated rings. The maximum absolute atomic E-state index is 11.7. The quantitative estimate of drug-likeness (QED) is 0.506. The van der Waals surface area contributed by atoms with Gasteiger partial charge in [-0.1, -0.05) is 0 Å². The number of rotatable bonds is 5. The molecule has 0 unspecified atom stereocenters.